The van der Waals surface area contributed by atoms with Crippen molar-refractivity contribution >= 4 is 56.8 Å². The van der Waals surface area contributed by atoms with Gasteiger partial charge in [0, 0.05) is 11.5 Å². The average molecular weight is 456 g/mol. The summed E-state index contributed by atoms with van der Waals surface area (Å²) in [5.41, 5.74) is 5.83. The van der Waals surface area contributed by atoms with Crippen molar-refractivity contribution in [2.75, 3.05) is 6.61 Å². The predicted molar refractivity (Wildman–Crippen MR) is 134 cm³/mol. The van der Waals surface area contributed by atoms with Crippen molar-refractivity contribution in [2.24, 2.45) is 0 Å². The van der Waals surface area contributed by atoms with E-state index >= 15 is 0 Å². The Balaban J connectivity index is 1.25. The lowest BCUT2D eigenvalue weighted by molar-refractivity contribution is -0.123. The fourth-order valence-electron chi connectivity index (χ4n) is 3.37. The molecule has 0 unspecified atom stereocenters. The molecule has 0 saturated carbocycles. The lowest BCUT2D eigenvalue weighted by Gasteiger charge is -2.11. The summed E-state index contributed by atoms with van der Waals surface area (Å²) in [6.07, 6.45) is 3.11. The molecule has 4 rings (SSSR count). The highest BCUT2D eigenvalue weighted by Crippen LogP contribution is 2.25. The van der Waals surface area contributed by atoms with Gasteiger partial charge in [-0.05, 0) is 46.1 Å². The van der Waals surface area contributed by atoms with Gasteiger partial charge < -0.3 is 4.74 Å². The van der Waals surface area contributed by atoms with E-state index in [1.807, 2.05) is 78.9 Å². The van der Waals surface area contributed by atoms with E-state index in [0.29, 0.717) is 5.75 Å². The summed E-state index contributed by atoms with van der Waals surface area (Å²) >= 11 is 5.06. The van der Waals surface area contributed by atoms with Crippen molar-refractivity contribution in [3.63, 3.8) is 0 Å². The normalized spacial score (nSPS) is 10.8. The first kappa shape index (κ1) is 22.0. The highest BCUT2D eigenvalue weighted by molar-refractivity contribution is 7.80. The molecular formula is C26H21N3O3S. The number of carbonyl (C=O) groups excluding carboxylic acids is 2. The Morgan fingerprint density at radius 2 is 1.42 bits per heavy atom. The zero-order valence-electron chi connectivity index (χ0n) is 17.6. The molecule has 0 atom stereocenters. The van der Waals surface area contributed by atoms with Crippen molar-refractivity contribution in [1.82, 2.24) is 16.2 Å². The van der Waals surface area contributed by atoms with Gasteiger partial charge in [0.05, 0.1) is 0 Å². The number of hydrogen-bond donors (Lipinski definition) is 3. The van der Waals surface area contributed by atoms with Gasteiger partial charge in [0.25, 0.3) is 5.91 Å². The number of hydrogen-bond acceptors (Lipinski definition) is 4. The number of benzene rings is 4. The fraction of sp³-hybridized carbons (Fsp3) is 0.0385. The maximum atomic E-state index is 12.2. The van der Waals surface area contributed by atoms with Crippen LogP contribution in [0.5, 0.6) is 5.75 Å². The van der Waals surface area contributed by atoms with Gasteiger partial charge in [0.1, 0.15) is 5.75 Å². The summed E-state index contributed by atoms with van der Waals surface area (Å²) in [6.45, 7) is -0.210. The molecule has 0 saturated heterocycles. The number of nitrogens with one attached hydrogen (secondary N) is 3. The van der Waals surface area contributed by atoms with E-state index in [9.17, 15) is 9.59 Å². The quantitative estimate of drug-likeness (QED) is 0.240. The van der Waals surface area contributed by atoms with Gasteiger partial charge in [-0.2, -0.15) is 0 Å². The van der Waals surface area contributed by atoms with Crippen LogP contribution in [0.15, 0.2) is 91.0 Å². The van der Waals surface area contributed by atoms with Gasteiger partial charge in [-0.3, -0.25) is 25.8 Å². The molecule has 0 spiro atoms. The van der Waals surface area contributed by atoms with E-state index in [4.69, 9.17) is 17.0 Å². The average Bonchev–Trinajstić information content (AvgIpc) is 2.85. The van der Waals surface area contributed by atoms with Crippen LogP contribution >= 0.6 is 12.2 Å². The van der Waals surface area contributed by atoms with Crippen LogP contribution < -0.4 is 20.9 Å². The number of ether oxygens (including phenoxy) is 1. The molecule has 0 aromatic heterocycles. The summed E-state index contributed by atoms with van der Waals surface area (Å²) in [4.78, 5) is 24.3. The molecule has 6 nitrogen and oxygen atoms in total. The second-order valence-electron chi connectivity index (χ2n) is 7.16. The van der Waals surface area contributed by atoms with Gasteiger partial charge >= 0.3 is 0 Å². The van der Waals surface area contributed by atoms with E-state index in [1.165, 1.54) is 6.08 Å². The zero-order chi connectivity index (χ0) is 23.0. The van der Waals surface area contributed by atoms with Crippen LogP contribution in [0, 0.1) is 0 Å². The first-order valence-corrected chi connectivity index (χ1v) is 10.7. The zero-order valence-corrected chi connectivity index (χ0v) is 18.4. The molecule has 0 radical (unpaired) electrons. The Morgan fingerprint density at radius 3 is 2.21 bits per heavy atom. The highest BCUT2D eigenvalue weighted by Gasteiger charge is 2.07. The van der Waals surface area contributed by atoms with Crippen LogP contribution in [0.1, 0.15) is 5.56 Å². The Bertz CT molecular complexity index is 1360. The van der Waals surface area contributed by atoms with Crippen molar-refractivity contribution in [2.45, 2.75) is 0 Å². The van der Waals surface area contributed by atoms with E-state index < -0.39 is 11.8 Å². The van der Waals surface area contributed by atoms with Crippen molar-refractivity contribution in [1.29, 1.82) is 0 Å². The molecule has 33 heavy (non-hydrogen) atoms. The summed E-state index contributed by atoms with van der Waals surface area (Å²) in [7, 11) is 0. The summed E-state index contributed by atoms with van der Waals surface area (Å²) in [5, 5.41) is 6.54. The number of thiocarbonyl (C=S) groups is 1. The summed E-state index contributed by atoms with van der Waals surface area (Å²) in [6, 6.07) is 27.2. The van der Waals surface area contributed by atoms with Crippen molar-refractivity contribution in [3.8, 4) is 5.75 Å². The maximum Gasteiger partial charge on any atom is 0.276 e. The molecule has 0 aliphatic rings. The molecule has 0 aliphatic carbocycles. The van der Waals surface area contributed by atoms with E-state index in [0.717, 1.165) is 27.1 Å². The van der Waals surface area contributed by atoms with Crippen LogP contribution in [0.3, 0.4) is 0 Å². The maximum absolute atomic E-state index is 12.2. The largest absolute Gasteiger partial charge is 0.483 e. The third kappa shape index (κ3) is 5.72. The number of amides is 2. The van der Waals surface area contributed by atoms with E-state index in [-0.39, 0.29) is 11.7 Å². The SMILES string of the molecule is O=C(/C=C/c1cccc2ccccc12)NC(=S)NNC(=O)COc1cccc2ccccc12. The minimum atomic E-state index is -0.439. The Labute approximate surface area is 196 Å². The molecule has 0 fully saturated rings. The molecule has 3 N–H and O–H groups in total. The Kier molecular flexibility index (Phi) is 6.92. The van der Waals surface area contributed by atoms with Crippen LogP contribution in [0.25, 0.3) is 27.6 Å². The molecule has 2 amide bonds. The third-order valence-corrected chi connectivity index (χ3v) is 5.10. The van der Waals surface area contributed by atoms with Crippen molar-refractivity contribution < 1.29 is 14.3 Å². The molecule has 4 aromatic rings. The smallest absolute Gasteiger partial charge is 0.276 e. The minimum Gasteiger partial charge on any atom is -0.483 e. The lowest BCUT2D eigenvalue weighted by atomic mass is 10.0. The second-order valence-corrected chi connectivity index (χ2v) is 7.57. The Hall–Kier alpha value is -4.23. The van der Waals surface area contributed by atoms with Crippen LogP contribution in [0.4, 0.5) is 0 Å². The van der Waals surface area contributed by atoms with Crippen LogP contribution in [0.2, 0.25) is 0 Å². The molecule has 4 aromatic carbocycles. The first-order chi connectivity index (χ1) is 16.1. The first-order valence-electron chi connectivity index (χ1n) is 10.3. The van der Waals surface area contributed by atoms with E-state index in [2.05, 4.69) is 16.2 Å². The summed E-state index contributed by atoms with van der Waals surface area (Å²) in [5.74, 6) is -0.245. The lowest BCUT2D eigenvalue weighted by Crippen LogP contribution is -2.49. The third-order valence-electron chi connectivity index (χ3n) is 4.90. The monoisotopic (exact) mass is 455 g/mol. The highest BCUT2D eigenvalue weighted by atomic mass is 32.1. The molecular weight excluding hydrogens is 434 g/mol. The number of hydrazine groups is 1. The van der Waals surface area contributed by atoms with Crippen molar-refractivity contribution in [3.05, 3.63) is 96.6 Å². The number of rotatable bonds is 5. The fourth-order valence-corrected chi connectivity index (χ4v) is 3.53. The Morgan fingerprint density at radius 1 is 0.788 bits per heavy atom. The van der Waals surface area contributed by atoms with Gasteiger partial charge in [-0.15, -0.1) is 0 Å². The molecule has 7 heteroatoms. The second kappa shape index (κ2) is 10.4. The molecule has 0 heterocycles. The standard InChI is InChI=1S/C26H21N3O3S/c30-24(16-15-20-10-5-9-18-7-1-3-12-21(18)20)27-26(33)29-28-25(31)17-32-23-14-6-11-19-8-2-4-13-22(19)23/h1-16H,17H2,(H,28,31)(H2,27,29,30,33)/b16-15+. The van der Waals surface area contributed by atoms with Gasteiger partial charge in [0.15, 0.2) is 11.7 Å². The van der Waals surface area contributed by atoms with Gasteiger partial charge in [-0.25, -0.2) is 0 Å². The molecule has 0 bridgehead atoms. The van der Waals surface area contributed by atoms with Gasteiger partial charge in [0.2, 0.25) is 5.91 Å². The van der Waals surface area contributed by atoms with Gasteiger partial charge in [-0.1, -0.05) is 78.9 Å². The molecule has 0 aliphatic heterocycles. The van der Waals surface area contributed by atoms with Crippen LogP contribution in [-0.2, 0) is 9.59 Å². The minimum absolute atomic E-state index is 0.0268. The molecule has 164 valence electrons. The predicted octanol–water partition coefficient (Wildman–Crippen LogP) is 4.11. The van der Waals surface area contributed by atoms with Crippen LogP contribution in [-0.4, -0.2) is 23.5 Å². The number of fused-ring (bicyclic) bond motifs is 2. The number of carbonyl (C=O) groups is 2. The topological polar surface area (TPSA) is 79.5 Å². The van der Waals surface area contributed by atoms with E-state index in [1.54, 1.807) is 12.1 Å². The summed E-state index contributed by atoms with van der Waals surface area (Å²) < 4.78 is 5.62.